The Bertz CT molecular complexity index is 1710. The van der Waals surface area contributed by atoms with Gasteiger partial charge in [-0.15, -0.1) is 0 Å². The molecule has 248 valence electrons. The Hall–Kier alpha value is -5.78. The minimum absolute atomic E-state index is 0.0883. The van der Waals surface area contributed by atoms with E-state index in [4.69, 9.17) is 9.47 Å². The number of carbonyl (C=O) groups is 4. The Kier molecular flexibility index (Phi) is 11.3. The Balaban J connectivity index is 1.40. The van der Waals surface area contributed by atoms with E-state index >= 15 is 0 Å². The molecule has 3 aromatic carbocycles. The monoisotopic (exact) mass is 650 g/mol. The molecule has 1 fully saturated rings. The molecule has 0 aliphatic carbocycles. The number of esters is 1. The van der Waals surface area contributed by atoms with E-state index in [0.717, 1.165) is 16.7 Å². The van der Waals surface area contributed by atoms with Gasteiger partial charge in [0.25, 0.3) is 5.91 Å². The topological polar surface area (TPSA) is 143 Å². The fourth-order valence-corrected chi connectivity index (χ4v) is 5.27. The molecule has 4 aromatic rings. The number of anilines is 1. The molecule has 48 heavy (non-hydrogen) atoms. The zero-order chi connectivity index (χ0) is 33.9. The fourth-order valence-electron chi connectivity index (χ4n) is 5.27. The predicted molar refractivity (Wildman–Crippen MR) is 179 cm³/mol. The summed E-state index contributed by atoms with van der Waals surface area (Å²) in [6.07, 6.45) is -0.269. The van der Waals surface area contributed by atoms with E-state index in [1.807, 2.05) is 60.7 Å². The highest BCUT2D eigenvalue weighted by atomic mass is 16.6. The SMILES string of the molecule is CCOC(=O)N1CCN(C(=O)C(Cc2ccc(C(=O)OC)cc2)NC(=O)c2cc(NCc3ccccc3)nc(-c3ccccc3)n2)CC1. The molecule has 5 rings (SSSR count). The van der Waals surface area contributed by atoms with Crippen molar-refractivity contribution in [2.24, 2.45) is 0 Å². The summed E-state index contributed by atoms with van der Waals surface area (Å²) in [5.74, 6) is -0.517. The first-order valence-electron chi connectivity index (χ1n) is 15.8. The number of nitrogens with zero attached hydrogens (tertiary/aromatic N) is 4. The zero-order valence-corrected chi connectivity index (χ0v) is 26.9. The van der Waals surface area contributed by atoms with Crippen LogP contribution in [0.4, 0.5) is 10.6 Å². The Morgan fingerprint density at radius 3 is 2.10 bits per heavy atom. The fraction of sp³-hybridized carbons (Fsp3) is 0.278. The number of rotatable bonds is 11. The zero-order valence-electron chi connectivity index (χ0n) is 26.9. The van der Waals surface area contributed by atoms with Crippen LogP contribution in [0.5, 0.6) is 0 Å². The molecule has 1 saturated heterocycles. The number of benzene rings is 3. The van der Waals surface area contributed by atoms with Gasteiger partial charge in [0.05, 0.1) is 19.3 Å². The van der Waals surface area contributed by atoms with E-state index in [9.17, 15) is 19.2 Å². The summed E-state index contributed by atoms with van der Waals surface area (Å²) in [6.45, 7) is 3.66. The summed E-state index contributed by atoms with van der Waals surface area (Å²) < 4.78 is 9.91. The van der Waals surface area contributed by atoms with Gasteiger partial charge in [0.1, 0.15) is 17.6 Å². The lowest BCUT2D eigenvalue weighted by molar-refractivity contribution is -0.134. The average Bonchev–Trinajstić information content (AvgIpc) is 3.14. The van der Waals surface area contributed by atoms with Crippen LogP contribution < -0.4 is 10.6 Å². The van der Waals surface area contributed by atoms with Gasteiger partial charge in [-0.1, -0.05) is 72.8 Å². The highest BCUT2D eigenvalue weighted by molar-refractivity contribution is 5.97. The summed E-state index contributed by atoms with van der Waals surface area (Å²) in [5.41, 5.74) is 2.95. The maximum atomic E-state index is 14.0. The van der Waals surface area contributed by atoms with Gasteiger partial charge in [0, 0.05) is 50.8 Å². The van der Waals surface area contributed by atoms with Gasteiger partial charge < -0.3 is 29.9 Å². The van der Waals surface area contributed by atoms with Crippen LogP contribution in [0, 0.1) is 0 Å². The Morgan fingerprint density at radius 2 is 1.46 bits per heavy atom. The minimum atomic E-state index is -0.966. The van der Waals surface area contributed by atoms with Crippen molar-refractivity contribution >= 4 is 29.7 Å². The smallest absolute Gasteiger partial charge is 0.409 e. The summed E-state index contributed by atoms with van der Waals surface area (Å²) in [7, 11) is 1.31. The molecule has 2 heterocycles. The van der Waals surface area contributed by atoms with Gasteiger partial charge in [0.15, 0.2) is 5.82 Å². The van der Waals surface area contributed by atoms with Crippen LogP contribution >= 0.6 is 0 Å². The van der Waals surface area contributed by atoms with Crippen molar-refractivity contribution in [2.45, 2.75) is 25.9 Å². The molecule has 1 aliphatic heterocycles. The Morgan fingerprint density at radius 1 is 0.812 bits per heavy atom. The first-order chi connectivity index (χ1) is 23.3. The molecule has 1 aliphatic rings. The molecule has 2 N–H and O–H groups in total. The number of carbonyl (C=O) groups excluding carboxylic acids is 4. The first kappa shape index (κ1) is 33.6. The molecule has 0 saturated carbocycles. The third kappa shape index (κ3) is 8.72. The molecule has 0 spiro atoms. The van der Waals surface area contributed by atoms with Crippen molar-refractivity contribution in [3.05, 3.63) is 113 Å². The van der Waals surface area contributed by atoms with Gasteiger partial charge in [-0.05, 0) is 30.2 Å². The highest BCUT2D eigenvalue weighted by Gasteiger charge is 2.31. The summed E-state index contributed by atoms with van der Waals surface area (Å²) in [6, 6.07) is 26.4. The molecular formula is C36H38N6O6. The Labute approximate surface area is 279 Å². The predicted octanol–water partition coefficient (Wildman–Crippen LogP) is 4.18. The third-order valence-electron chi connectivity index (χ3n) is 7.84. The van der Waals surface area contributed by atoms with Crippen LogP contribution in [-0.4, -0.2) is 89.6 Å². The van der Waals surface area contributed by atoms with E-state index in [2.05, 4.69) is 20.6 Å². The van der Waals surface area contributed by atoms with E-state index in [1.165, 1.54) is 7.11 Å². The molecule has 1 aromatic heterocycles. The van der Waals surface area contributed by atoms with Crippen LogP contribution in [0.15, 0.2) is 91.0 Å². The van der Waals surface area contributed by atoms with Gasteiger partial charge in [-0.2, -0.15) is 0 Å². The largest absolute Gasteiger partial charge is 0.465 e. The minimum Gasteiger partial charge on any atom is -0.465 e. The van der Waals surface area contributed by atoms with Crippen molar-refractivity contribution in [3.8, 4) is 11.4 Å². The van der Waals surface area contributed by atoms with Crippen molar-refractivity contribution in [3.63, 3.8) is 0 Å². The lowest BCUT2D eigenvalue weighted by atomic mass is 10.0. The molecule has 3 amide bonds. The van der Waals surface area contributed by atoms with Crippen molar-refractivity contribution in [2.75, 3.05) is 45.2 Å². The average molecular weight is 651 g/mol. The van der Waals surface area contributed by atoms with Crippen LogP contribution in [0.1, 0.15) is 38.9 Å². The maximum Gasteiger partial charge on any atom is 0.409 e. The number of aromatic nitrogens is 2. The second kappa shape index (κ2) is 16.2. The van der Waals surface area contributed by atoms with Gasteiger partial charge in [-0.3, -0.25) is 9.59 Å². The van der Waals surface area contributed by atoms with E-state index < -0.39 is 24.0 Å². The van der Waals surface area contributed by atoms with Crippen LogP contribution in [0.3, 0.4) is 0 Å². The molecular weight excluding hydrogens is 612 g/mol. The quantitative estimate of drug-likeness (QED) is 0.229. The number of hydrogen-bond donors (Lipinski definition) is 2. The van der Waals surface area contributed by atoms with Crippen molar-refractivity contribution in [1.29, 1.82) is 0 Å². The standard InChI is InChI=1S/C36H38N6O6/c1-3-48-36(46)42-20-18-41(19-21-42)34(44)30(22-25-14-16-28(17-15-25)35(45)47-2)39-33(43)29-23-31(37-24-26-10-6-4-7-11-26)40-32(38-29)27-12-8-5-9-13-27/h4-17,23,30H,3,18-22,24H2,1-2H3,(H,39,43)(H,37,38,40). The lowest BCUT2D eigenvalue weighted by Gasteiger charge is -2.36. The van der Waals surface area contributed by atoms with Crippen LogP contribution in [0.25, 0.3) is 11.4 Å². The summed E-state index contributed by atoms with van der Waals surface area (Å²) >= 11 is 0. The van der Waals surface area contributed by atoms with Crippen molar-refractivity contribution < 1.29 is 28.7 Å². The number of nitrogens with one attached hydrogen (secondary N) is 2. The summed E-state index contributed by atoms with van der Waals surface area (Å²) in [4.78, 5) is 64.5. The molecule has 1 unspecified atom stereocenters. The van der Waals surface area contributed by atoms with E-state index in [1.54, 1.807) is 47.1 Å². The number of amides is 3. The number of hydrogen-bond acceptors (Lipinski definition) is 9. The molecule has 0 radical (unpaired) electrons. The second-order valence-corrected chi connectivity index (χ2v) is 11.1. The number of ether oxygens (including phenoxy) is 2. The lowest BCUT2D eigenvalue weighted by Crippen LogP contribution is -2.56. The van der Waals surface area contributed by atoms with Crippen LogP contribution in [0.2, 0.25) is 0 Å². The van der Waals surface area contributed by atoms with Gasteiger partial charge >= 0.3 is 12.1 Å². The molecule has 12 heteroatoms. The van der Waals surface area contributed by atoms with E-state index in [0.29, 0.717) is 36.8 Å². The van der Waals surface area contributed by atoms with Gasteiger partial charge in [-0.25, -0.2) is 19.6 Å². The summed E-state index contributed by atoms with van der Waals surface area (Å²) in [5, 5.41) is 6.21. The molecule has 1 atom stereocenters. The highest BCUT2D eigenvalue weighted by Crippen LogP contribution is 2.19. The third-order valence-corrected chi connectivity index (χ3v) is 7.84. The second-order valence-electron chi connectivity index (χ2n) is 11.1. The number of piperazine rings is 1. The van der Waals surface area contributed by atoms with Crippen molar-refractivity contribution in [1.82, 2.24) is 25.1 Å². The normalized spacial score (nSPS) is 13.3. The maximum absolute atomic E-state index is 14.0. The molecule has 0 bridgehead atoms. The first-order valence-corrected chi connectivity index (χ1v) is 15.8. The van der Waals surface area contributed by atoms with Crippen LogP contribution in [-0.2, 0) is 27.2 Å². The van der Waals surface area contributed by atoms with E-state index in [-0.39, 0.29) is 37.7 Å². The van der Waals surface area contributed by atoms with Gasteiger partial charge in [0.2, 0.25) is 5.91 Å². The number of methoxy groups -OCH3 is 1. The molecule has 12 nitrogen and oxygen atoms in total.